The second kappa shape index (κ2) is 12.8. The Balaban J connectivity index is 1.84. The Kier molecular flexibility index (Phi) is 9.32. The SMILES string of the molecule is C=C(C)C(=O)Oc1ccc(/C=C/c2ccc(-c3ccc(OC(=O)C(=C)C)cc3)c(OC(=O)/C=C/C)c2)cc1. The normalized spacial score (nSPS) is 10.8. The molecule has 0 aromatic heterocycles. The first-order valence-corrected chi connectivity index (χ1v) is 11.8. The van der Waals surface area contributed by atoms with Crippen molar-refractivity contribution < 1.29 is 28.6 Å². The number of ether oxygens (including phenoxy) is 3. The van der Waals surface area contributed by atoms with Crippen LogP contribution >= 0.6 is 0 Å². The zero-order valence-corrected chi connectivity index (χ0v) is 21.5. The maximum absolute atomic E-state index is 12.2. The van der Waals surface area contributed by atoms with Gasteiger partial charge >= 0.3 is 17.9 Å². The van der Waals surface area contributed by atoms with Crippen LogP contribution in [0.25, 0.3) is 23.3 Å². The van der Waals surface area contributed by atoms with Crippen molar-refractivity contribution in [2.75, 3.05) is 0 Å². The van der Waals surface area contributed by atoms with E-state index >= 15 is 0 Å². The third kappa shape index (κ3) is 7.77. The van der Waals surface area contributed by atoms with Crippen molar-refractivity contribution in [1.29, 1.82) is 0 Å². The predicted octanol–water partition coefficient (Wildman–Crippen LogP) is 6.97. The van der Waals surface area contributed by atoms with E-state index in [9.17, 15) is 14.4 Å². The Morgan fingerprint density at radius 2 is 1.18 bits per heavy atom. The third-order valence-corrected chi connectivity index (χ3v) is 5.15. The molecule has 0 radical (unpaired) electrons. The van der Waals surface area contributed by atoms with Crippen molar-refractivity contribution in [2.45, 2.75) is 20.8 Å². The van der Waals surface area contributed by atoms with Crippen LogP contribution in [-0.2, 0) is 14.4 Å². The first kappa shape index (κ1) is 27.6. The van der Waals surface area contributed by atoms with E-state index in [4.69, 9.17) is 14.2 Å². The number of hydrogen-bond acceptors (Lipinski definition) is 6. The molecule has 3 aromatic carbocycles. The molecule has 0 heterocycles. The minimum atomic E-state index is -0.502. The third-order valence-electron chi connectivity index (χ3n) is 5.15. The van der Waals surface area contributed by atoms with E-state index in [0.29, 0.717) is 34.0 Å². The van der Waals surface area contributed by atoms with Crippen molar-refractivity contribution in [3.63, 3.8) is 0 Å². The smallest absolute Gasteiger partial charge is 0.338 e. The molecule has 0 aliphatic heterocycles. The molecule has 0 amide bonds. The van der Waals surface area contributed by atoms with Gasteiger partial charge in [0.25, 0.3) is 0 Å². The van der Waals surface area contributed by atoms with Gasteiger partial charge in [-0.2, -0.15) is 0 Å². The van der Waals surface area contributed by atoms with E-state index in [1.54, 1.807) is 69.3 Å². The lowest BCUT2D eigenvalue weighted by Crippen LogP contribution is -2.08. The van der Waals surface area contributed by atoms with Gasteiger partial charge in [0.1, 0.15) is 17.2 Å². The summed E-state index contributed by atoms with van der Waals surface area (Å²) < 4.78 is 16.1. The molecule has 0 atom stereocenters. The van der Waals surface area contributed by atoms with Crippen molar-refractivity contribution in [3.05, 3.63) is 114 Å². The topological polar surface area (TPSA) is 78.9 Å². The van der Waals surface area contributed by atoms with E-state index in [1.165, 1.54) is 6.08 Å². The predicted molar refractivity (Wildman–Crippen MR) is 149 cm³/mol. The summed E-state index contributed by atoms with van der Waals surface area (Å²) in [5.41, 5.74) is 3.79. The van der Waals surface area contributed by atoms with Crippen molar-refractivity contribution in [3.8, 4) is 28.4 Å². The lowest BCUT2D eigenvalue weighted by Gasteiger charge is -2.11. The Morgan fingerprint density at radius 3 is 1.71 bits per heavy atom. The van der Waals surface area contributed by atoms with Crippen LogP contribution in [0.3, 0.4) is 0 Å². The van der Waals surface area contributed by atoms with Gasteiger partial charge in [-0.3, -0.25) is 0 Å². The summed E-state index contributed by atoms with van der Waals surface area (Å²) in [4.78, 5) is 35.7. The summed E-state index contributed by atoms with van der Waals surface area (Å²) in [7, 11) is 0. The minimum absolute atomic E-state index is 0.304. The van der Waals surface area contributed by atoms with Crippen LogP contribution in [0.5, 0.6) is 17.2 Å². The molecule has 0 aliphatic carbocycles. The molecule has 38 heavy (non-hydrogen) atoms. The van der Waals surface area contributed by atoms with Gasteiger partial charge in [-0.05, 0) is 67.8 Å². The molecule has 192 valence electrons. The molecule has 0 spiro atoms. The highest BCUT2D eigenvalue weighted by Crippen LogP contribution is 2.33. The highest BCUT2D eigenvalue weighted by atomic mass is 16.5. The van der Waals surface area contributed by atoms with Gasteiger partial charge in [0.15, 0.2) is 0 Å². The molecule has 0 saturated heterocycles. The molecular weight excluding hydrogens is 480 g/mol. The van der Waals surface area contributed by atoms with E-state index in [0.717, 1.165) is 16.7 Å². The van der Waals surface area contributed by atoms with Crippen LogP contribution in [0.1, 0.15) is 31.9 Å². The maximum Gasteiger partial charge on any atom is 0.338 e. The number of allylic oxidation sites excluding steroid dienone is 1. The molecule has 3 aromatic rings. The van der Waals surface area contributed by atoms with Crippen LogP contribution in [-0.4, -0.2) is 17.9 Å². The van der Waals surface area contributed by atoms with Crippen LogP contribution in [0, 0.1) is 0 Å². The lowest BCUT2D eigenvalue weighted by molar-refractivity contribution is -0.130. The van der Waals surface area contributed by atoms with E-state index in [-0.39, 0.29) is 0 Å². The quantitative estimate of drug-likeness (QED) is 0.134. The second-order valence-electron chi connectivity index (χ2n) is 8.44. The molecule has 0 saturated carbocycles. The summed E-state index contributed by atoms with van der Waals surface area (Å²) in [5, 5.41) is 0. The molecule has 6 heteroatoms. The summed E-state index contributed by atoms with van der Waals surface area (Å²) in [5.74, 6) is -0.286. The molecule has 0 unspecified atom stereocenters. The molecule has 6 nitrogen and oxygen atoms in total. The Labute approximate surface area is 222 Å². The number of carbonyl (C=O) groups is 3. The van der Waals surface area contributed by atoms with Crippen LogP contribution < -0.4 is 14.2 Å². The van der Waals surface area contributed by atoms with E-state index in [1.807, 2.05) is 36.4 Å². The van der Waals surface area contributed by atoms with Gasteiger partial charge in [-0.25, -0.2) is 14.4 Å². The standard InChI is InChI=1S/C32H28O6/c1-6-7-30(33)38-29-20-24(9-8-23-10-15-26(16-11-23)36-31(34)21(2)3)12-19-28(29)25-13-17-27(18-14-25)37-32(35)22(4)5/h6-20H,2,4H2,1,3,5H3/b7-6+,9-8+. The lowest BCUT2D eigenvalue weighted by atomic mass is 10.0. The average Bonchev–Trinajstić information content (AvgIpc) is 2.89. The number of esters is 3. The Hall–Kier alpha value is -4.97. The van der Waals surface area contributed by atoms with Crippen molar-refractivity contribution in [2.24, 2.45) is 0 Å². The number of benzene rings is 3. The zero-order chi connectivity index (χ0) is 27.7. The fourth-order valence-corrected chi connectivity index (χ4v) is 3.17. The van der Waals surface area contributed by atoms with Gasteiger partial charge < -0.3 is 14.2 Å². The molecule has 0 fully saturated rings. The molecule has 3 rings (SSSR count). The Bertz CT molecular complexity index is 1420. The summed E-state index contributed by atoms with van der Waals surface area (Å²) >= 11 is 0. The molecule has 0 N–H and O–H groups in total. The van der Waals surface area contributed by atoms with Crippen LogP contribution in [0.2, 0.25) is 0 Å². The molecule has 0 aliphatic rings. The van der Waals surface area contributed by atoms with Crippen LogP contribution in [0.15, 0.2) is 103 Å². The van der Waals surface area contributed by atoms with E-state index < -0.39 is 17.9 Å². The Morgan fingerprint density at radius 1 is 0.684 bits per heavy atom. The monoisotopic (exact) mass is 508 g/mol. The van der Waals surface area contributed by atoms with Gasteiger partial charge in [-0.1, -0.05) is 67.8 Å². The first-order valence-electron chi connectivity index (χ1n) is 11.8. The van der Waals surface area contributed by atoms with Gasteiger partial charge in [-0.15, -0.1) is 0 Å². The van der Waals surface area contributed by atoms with E-state index in [2.05, 4.69) is 13.2 Å². The summed E-state index contributed by atoms with van der Waals surface area (Å²) in [6, 6.07) is 19.5. The zero-order valence-electron chi connectivity index (χ0n) is 21.5. The molecular formula is C32H28O6. The summed E-state index contributed by atoms with van der Waals surface area (Å²) in [6.07, 6.45) is 6.72. The van der Waals surface area contributed by atoms with Crippen LogP contribution in [0.4, 0.5) is 0 Å². The van der Waals surface area contributed by atoms with Gasteiger partial charge in [0.05, 0.1) is 0 Å². The average molecular weight is 509 g/mol. The van der Waals surface area contributed by atoms with Crippen molar-refractivity contribution in [1.82, 2.24) is 0 Å². The largest absolute Gasteiger partial charge is 0.423 e. The highest BCUT2D eigenvalue weighted by Gasteiger charge is 2.12. The van der Waals surface area contributed by atoms with Crippen molar-refractivity contribution >= 4 is 30.1 Å². The summed E-state index contributed by atoms with van der Waals surface area (Å²) in [6.45, 7) is 12.0. The highest BCUT2D eigenvalue weighted by molar-refractivity contribution is 5.90. The van der Waals surface area contributed by atoms with Gasteiger partial charge in [0, 0.05) is 22.8 Å². The fraction of sp³-hybridized carbons (Fsp3) is 0.0938. The number of hydrogen-bond donors (Lipinski definition) is 0. The molecule has 0 bridgehead atoms. The van der Waals surface area contributed by atoms with Gasteiger partial charge in [0.2, 0.25) is 0 Å². The maximum atomic E-state index is 12.2. The second-order valence-corrected chi connectivity index (χ2v) is 8.44. The fourth-order valence-electron chi connectivity index (χ4n) is 3.17. The number of carbonyl (C=O) groups excluding carboxylic acids is 3. The minimum Gasteiger partial charge on any atom is -0.423 e. The first-order chi connectivity index (χ1) is 18.2. The number of rotatable bonds is 9.